The van der Waals surface area contributed by atoms with Crippen molar-refractivity contribution in [3.05, 3.63) is 59.8 Å². The monoisotopic (exact) mass is 351 g/mol. The van der Waals surface area contributed by atoms with Crippen LogP contribution in [0.1, 0.15) is 11.1 Å². The first-order chi connectivity index (χ1) is 11.4. The molecular formula is C16H12F3N3OS. The highest BCUT2D eigenvalue weighted by Gasteiger charge is 2.33. The molecule has 0 saturated carbocycles. The number of nitrogens with one attached hydrogen (secondary N) is 1. The number of carbonyl (C=O) groups excluding carboxylic acids is 1. The molecule has 1 aromatic heterocycles. The molecule has 1 amide bonds. The molecule has 1 saturated heterocycles. The zero-order valence-corrected chi connectivity index (χ0v) is 13.1. The Morgan fingerprint density at radius 1 is 1.21 bits per heavy atom. The zero-order chi connectivity index (χ0) is 17.2. The number of pyridine rings is 1. The van der Waals surface area contributed by atoms with E-state index in [2.05, 4.69) is 15.3 Å². The summed E-state index contributed by atoms with van der Waals surface area (Å²) in [5.74, 6) is 0.187. The predicted molar refractivity (Wildman–Crippen MR) is 86.0 cm³/mol. The molecule has 24 heavy (non-hydrogen) atoms. The fourth-order valence-electron chi connectivity index (χ4n) is 2.20. The number of amidine groups is 1. The second-order valence-corrected chi connectivity index (χ2v) is 6.29. The van der Waals surface area contributed by atoms with Crippen molar-refractivity contribution in [2.45, 2.75) is 17.8 Å². The number of alkyl halides is 3. The van der Waals surface area contributed by atoms with Crippen LogP contribution in [0, 0.1) is 0 Å². The SMILES string of the molecule is O=C1N/C(=N/c2ccccn2)SC1Cc1cccc(C(F)(F)F)c1. The van der Waals surface area contributed by atoms with Gasteiger partial charge in [-0.2, -0.15) is 13.2 Å². The number of aliphatic imine (C=N–C) groups is 1. The van der Waals surface area contributed by atoms with E-state index >= 15 is 0 Å². The summed E-state index contributed by atoms with van der Waals surface area (Å²) in [6.07, 6.45) is -2.62. The zero-order valence-electron chi connectivity index (χ0n) is 12.2. The van der Waals surface area contributed by atoms with Gasteiger partial charge < -0.3 is 5.32 Å². The molecule has 0 bridgehead atoms. The normalized spacial score (nSPS) is 19.5. The van der Waals surface area contributed by atoms with Gasteiger partial charge in [-0.05, 0) is 30.2 Å². The molecule has 1 aromatic carbocycles. The summed E-state index contributed by atoms with van der Waals surface area (Å²) in [5, 5.41) is 2.51. The molecule has 1 unspecified atom stereocenters. The van der Waals surface area contributed by atoms with Crippen LogP contribution in [0.2, 0.25) is 0 Å². The lowest BCUT2D eigenvalue weighted by Gasteiger charge is -2.10. The van der Waals surface area contributed by atoms with E-state index in [1.165, 1.54) is 17.8 Å². The quantitative estimate of drug-likeness (QED) is 0.920. The molecule has 1 fully saturated rings. The maximum atomic E-state index is 12.8. The van der Waals surface area contributed by atoms with Gasteiger partial charge in [0.1, 0.15) is 0 Å². The maximum Gasteiger partial charge on any atom is 0.416 e. The van der Waals surface area contributed by atoms with Crippen LogP contribution in [0.15, 0.2) is 53.7 Å². The molecule has 1 aliphatic rings. The number of benzene rings is 1. The third-order valence-electron chi connectivity index (χ3n) is 3.32. The van der Waals surface area contributed by atoms with Gasteiger partial charge >= 0.3 is 6.18 Å². The molecule has 0 spiro atoms. The van der Waals surface area contributed by atoms with Crippen molar-refractivity contribution >= 4 is 28.7 Å². The van der Waals surface area contributed by atoms with Crippen LogP contribution < -0.4 is 5.32 Å². The minimum Gasteiger partial charge on any atom is -0.304 e. The number of amides is 1. The minimum absolute atomic E-state index is 0.196. The van der Waals surface area contributed by atoms with Gasteiger partial charge in [0.25, 0.3) is 0 Å². The Kier molecular flexibility index (Phi) is 4.57. The Labute approximate surface area is 140 Å². The summed E-state index contributed by atoms with van der Waals surface area (Å²) in [4.78, 5) is 20.3. The Morgan fingerprint density at radius 2 is 2.04 bits per heavy atom. The summed E-state index contributed by atoms with van der Waals surface area (Å²) in [6.45, 7) is 0. The highest BCUT2D eigenvalue weighted by atomic mass is 32.2. The number of thioether (sulfide) groups is 1. The molecule has 2 heterocycles. The van der Waals surface area contributed by atoms with Crippen LogP contribution in [-0.2, 0) is 17.4 Å². The van der Waals surface area contributed by atoms with Crippen molar-refractivity contribution in [2.24, 2.45) is 4.99 Å². The summed E-state index contributed by atoms with van der Waals surface area (Å²) >= 11 is 1.19. The second-order valence-electron chi connectivity index (χ2n) is 5.10. The van der Waals surface area contributed by atoms with Gasteiger partial charge in [0.05, 0.1) is 10.8 Å². The molecule has 2 aromatic rings. The first-order valence-electron chi connectivity index (χ1n) is 7.05. The molecule has 1 aliphatic heterocycles. The lowest BCUT2D eigenvalue weighted by atomic mass is 10.1. The molecular weight excluding hydrogens is 339 g/mol. The van der Waals surface area contributed by atoms with E-state index in [0.29, 0.717) is 16.5 Å². The molecule has 0 aliphatic carbocycles. The summed E-state index contributed by atoms with van der Waals surface area (Å²) in [5.41, 5.74) is -0.262. The molecule has 3 rings (SSSR count). The van der Waals surface area contributed by atoms with E-state index < -0.39 is 17.0 Å². The lowest BCUT2D eigenvalue weighted by molar-refractivity contribution is -0.137. The number of rotatable bonds is 3. The van der Waals surface area contributed by atoms with E-state index in [1.807, 2.05) is 0 Å². The minimum atomic E-state index is -4.40. The average molecular weight is 351 g/mol. The van der Waals surface area contributed by atoms with Crippen molar-refractivity contribution in [3.8, 4) is 0 Å². The van der Waals surface area contributed by atoms with Crippen molar-refractivity contribution in [1.82, 2.24) is 10.3 Å². The van der Waals surface area contributed by atoms with E-state index in [-0.39, 0.29) is 12.3 Å². The number of hydrogen-bond acceptors (Lipinski definition) is 4. The Bertz CT molecular complexity index is 778. The third-order valence-corrected chi connectivity index (χ3v) is 4.40. The average Bonchev–Trinajstić information content (AvgIpc) is 2.87. The van der Waals surface area contributed by atoms with Crippen LogP contribution >= 0.6 is 11.8 Å². The van der Waals surface area contributed by atoms with Crippen molar-refractivity contribution in [3.63, 3.8) is 0 Å². The summed E-state index contributed by atoms with van der Waals surface area (Å²) < 4.78 is 38.3. The Balaban J connectivity index is 1.73. The number of nitrogens with zero attached hydrogens (tertiary/aromatic N) is 2. The standard InChI is InChI=1S/C16H12F3N3OS/c17-16(18,19)11-5-3-4-10(8-11)9-12-14(23)22-15(24-12)21-13-6-1-2-7-20-13/h1-8,12H,9H2,(H,20,21,22,23). The molecule has 124 valence electrons. The first kappa shape index (κ1) is 16.5. The van der Waals surface area contributed by atoms with Crippen LogP contribution in [-0.4, -0.2) is 21.3 Å². The van der Waals surface area contributed by atoms with Gasteiger partial charge in [0.15, 0.2) is 11.0 Å². The van der Waals surface area contributed by atoms with E-state index in [0.717, 1.165) is 12.1 Å². The highest BCUT2D eigenvalue weighted by Crippen LogP contribution is 2.31. The maximum absolute atomic E-state index is 12.8. The molecule has 8 heteroatoms. The second kappa shape index (κ2) is 6.64. The highest BCUT2D eigenvalue weighted by molar-refractivity contribution is 8.15. The molecule has 1 N–H and O–H groups in total. The van der Waals surface area contributed by atoms with Gasteiger partial charge in [-0.1, -0.05) is 36.0 Å². The molecule has 4 nitrogen and oxygen atoms in total. The largest absolute Gasteiger partial charge is 0.416 e. The van der Waals surface area contributed by atoms with Crippen molar-refractivity contribution in [2.75, 3.05) is 0 Å². The van der Waals surface area contributed by atoms with E-state index in [4.69, 9.17) is 0 Å². The number of halogens is 3. The third kappa shape index (κ3) is 3.94. The van der Waals surface area contributed by atoms with E-state index in [9.17, 15) is 18.0 Å². The number of hydrogen-bond donors (Lipinski definition) is 1. The van der Waals surface area contributed by atoms with Crippen LogP contribution in [0.3, 0.4) is 0 Å². The van der Waals surface area contributed by atoms with Gasteiger partial charge in [0.2, 0.25) is 5.91 Å². The first-order valence-corrected chi connectivity index (χ1v) is 7.93. The van der Waals surface area contributed by atoms with E-state index in [1.54, 1.807) is 30.5 Å². The summed E-state index contributed by atoms with van der Waals surface area (Å²) in [7, 11) is 0. The fourth-order valence-corrected chi connectivity index (χ4v) is 3.22. The Morgan fingerprint density at radius 3 is 2.75 bits per heavy atom. The molecule has 1 atom stereocenters. The van der Waals surface area contributed by atoms with Crippen molar-refractivity contribution < 1.29 is 18.0 Å². The lowest BCUT2D eigenvalue weighted by Crippen LogP contribution is -2.26. The fraction of sp³-hybridized carbons (Fsp3) is 0.188. The van der Waals surface area contributed by atoms with Crippen LogP contribution in [0.4, 0.5) is 19.0 Å². The topological polar surface area (TPSA) is 54.4 Å². The van der Waals surface area contributed by atoms with Crippen LogP contribution in [0.25, 0.3) is 0 Å². The molecule has 0 radical (unpaired) electrons. The number of carbonyl (C=O) groups is 1. The Hall–Kier alpha value is -2.35. The van der Waals surface area contributed by atoms with Gasteiger partial charge in [-0.15, -0.1) is 0 Å². The van der Waals surface area contributed by atoms with Crippen molar-refractivity contribution in [1.29, 1.82) is 0 Å². The van der Waals surface area contributed by atoms with Crippen LogP contribution in [0.5, 0.6) is 0 Å². The van der Waals surface area contributed by atoms with Gasteiger partial charge in [-0.3, -0.25) is 4.79 Å². The van der Waals surface area contributed by atoms with Gasteiger partial charge in [-0.25, -0.2) is 9.98 Å². The smallest absolute Gasteiger partial charge is 0.304 e. The summed E-state index contributed by atoms with van der Waals surface area (Å²) in [6, 6.07) is 10.2. The van der Waals surface area contributed by atoms with Gasteiger partial charge in [0, 0.05) is 6.20 Å². The predicted octanol–water partition coefficient (Wildman–Crippen LogP) is 3.56. The number of aromatic nitrogens is 1.